The van der Waals surface area contributed by atoms with Crippen molar-refractivity contribution in [1.82, 2.24) is 9.88 Å². The van der Waals surface area contributed by atoms with Gasteiger partial charge in [0, 0.05) is 56.8 Å². The van der Waals surface area contributed by atoms with E-state index in [0.29, 0.717) is 5.56 Å². The van der Waals surface area contributed by atoms with Gasteiger partial charge in [0.1, 0.15) is 0 Å². The van der Waals surface area contributed by atoms with Crippen molar-refractivity contribution in [2.75, 3.05) is 61.4 Å². The number of nitrogens with zero attached hydrogens (tertiary/aromatic N) is 4. The molecule has 0 unspecified atom stereocenters. The first-order valence-electron chi connectivity index (χ1n) is 10.2. The van der Waals surface area contributed by atoms with Crippen LogP contribution in [0.3, 0.4) is 0 Å². The van der Waals surface area contributed by atoms with Gasteiger partial charge in [-0.2, -0.15) is 0 Å². The molecule has 2 fully saturated rings. The first-order valence-corrected chi connectivity index (χ1v) is 10.2. The number of rotatable bonds is 4. The van der Waals surface area contributed by atoms with E-state index < -0.39 is 0 Å². The Bertz CT molecular complexity index is 793. The summed E-state index contributed by atoms with van der Waals surface area (Å²) in [6, 6.07) is 10.1. The molecule has 1 amide bonds. The summed E-state index contributed by atoms with van der Waals surface area (Å²) in [5.41, 5.74) is 3.66. The highest BCUT2D eigenvalue weighted by Crippen LogP contribution is 2.22. The molecule has 2 aliphatic heterocycles. The van der Waals surface area contributed by atoms with Crippen LogP contribution < -0.4 is 15.1 Å². The highest BCUT2D eigenvalue weighted by molar-refractivity contribution is 6.04. The number of likely N-dealkylation sites (N-methyl/N-ethyl adjacent to an activating group) is 1. The molecule has 0 saturated carbocycles. The summed E-state index contributed by atoms with van der Waals surface area (Å²) in [7, 11) is 2.13. The Kier molecular flexibility index (Phi) is 5.76. The molecule has 6 heteroatoms. The number of piperidine rings is 1. The molecule has 0 bridgehead atoms. The summed E-state index contributed by atoms with van der Waals surface area (Å²) in [6.45, 7) is 6.22. The van der Waals surface area contributed by atoms with Gasteiger partial charge in [-0.25, -0.2) is 0 Å². The minimum Gasteiger partial charge on any atom is -0.372 e. The second-order valence-corrected chi connectivity index (χ2v) is 7.77. The number of hydrogen-bond donors (Lipinski definition) is 1. The highest BCUT2D eigenvalue weighted by atomic mass is 16.1. The standard InChI is InChI=1S/C22H29N5O/c1-25-11-13-27(14-12-25)21-15-18(16-23-17-21)22(28)24-19-5-7-20(8-6-19)26-9-3-2-4-10-26/h5-8,15-17H,2-4,9-14H2,1H3,(H,24,28). The minimum absolute atomic E-state index is 0.116. The summed E-state index contributed by atoms with van der Waals surface area (Å²) in [6.07, 6.45) is 7.32. The smallest absolute Gasteiger partial charge is 0.257 e. The minimum atomic E-state index is -0.116. The van der Waals surface area contributed by atoms with Crippen molar-refractivity contribution in [2.45, 2.75) is 19.3 Å². The Morgan fingerprint density at radius 3 is 2.25 bits per heavy atom. The second-order valence-electron chi connectivity index (χ2n) is 7.77. The van der Waals surface area contributed by atoms with Crippen LogP contribution in [0.4, 0.5) is 17.1 Å². The van der Waals surface area contributed by atoms with Gasteiger partial charge >= 0.3 is 0 Å². The van der Waals surface area contributed by atoms with Crippen molar-refractivity contribution < 1.29 is 4.79 Å². The lowest BCUT2D eigenvalue weighted by Crippen LogP contribution is -2.44. The molecule has 1 N–H and O–H groups in total. The molecule has 0 spiro atoms. The van der Waals surface area contributed by atoms with Crippen molar-refractivity contribution in [3.8, 4) is 0 Å². The van der Waals surface area contributed by atoms with Crippen LogP contribution in [0, 0.1) is 0 Å². The van der Waals surface area contributed by atoms with E-state index in [1.54, 1.807) is 6.20 Å². The third-order valence-electron chi connectivity index (χ3n) is 5.70. The topological polar surface area (TPSA) is 51.7 Å². The number of aromatic nitrogens is 1. The quantitative estimate of drug-likeness (QED) is 0.885. The Balaban J connectivity index is 1.40. The normalized spacial score (nSPS) is 18.2. The predicted octanol–water partition coefficient (Wildman–Crippen LogP) is 3.08. The predicted molar refractivity (Wildman–Crippen MR) is 114 cm³/mol. The Morgan fingerprint density at radius 2 is 1.54 bits per heavy atom. The summed E-state index contributed by atoms with van der Waals surface area (Å²) < 4.78 is 0. The van der Waals surface area contributed by atoms with Crippen LogP contribution in [0.5, 0.6) is 0 Å². The molecule has 2 saturated heterocycles. The van der Waals surface area contributed by atoms with Gasteiger partial charge in [-0.1, -0.05) is 0 Å². The van der Waals surface area contributed by atoms with Gasteiger partial charge in [0.25, 0.3) is 5.91 Å². The zero-order valence-corrected chi connectivity index (χ0v) is 16.6. The molecule has 28 heavy (non-hydrogen) atoms. The number of hydrogen-bond acceptors (Lipinski definition) is 5. The monoisotopic (exact) mass is 379 g/mol. The van der Waals surface area contributed by atoms with Crippen LogP contribution in [0.2, 0.25) is 0 Å². The molecule has 3 heterocycles. The van der Waals surface area contributed by atoms with Crippen LogP contribution in [0.1, 0.15) is 29.6 Å². The number of nitrogens with one attached hydrogen (secondary N) is 1. The van der Waals surface area contributed by atoms with Crippen LogP contribution in [0.25, 0.3) is 0 Å². The summed E-state index contributed by atoms with van der Waals surface area (Å²) in [5.74, 6) is -0.116. The van der Waals surface area contributed by atoms with E-state index in [-0.39, 0.29) is 5.91 Å². The van der Waals surface area contributed by atoms with E-state index in [0.717, 1.165) is 50.6 Å². The number of pyridine rings is 1. The SMILES string of the molecule is CN1CCN(c2cncc(C(=O)Nc3ccc(N4CCCCC4)cc3)c2)CC1. The maximum Gasteiger partial charge on any atom is 0.257 e. The molecule has 2 aromatic rings. The van der Waals surface area contributed by atoms with E-state index in [4.69, 9.17) is 0 Å². The van der Waals surface area contributed by atoms with Gasteiger partial charge in [-0.3, -0.25) is 9.78 Å². The van der Waals surface area contributed by atoms with Crippen LogP contribution in [0.15, 0.2) is 42.7 Å². The van der Waals surface area contributed by atoms with E-state index in [2.05, 4.69) is 44.2 Å². The fourth-order valence-electron chi connectivity index (χ4n) is 3.90. The van der Waals surface area contributed by atoms with E-state index in [9.17, 15) is 4.79 Å². The zero-order valence-electron chi connectivity index (χ0n) is 16.6. The van der Waals surface area contributed by atoms with Gasteiger partial charge in [-0.15, -0.1) is 0 Å². The van der Waals surface area contributed by atoms with Gasteiger partial charge in [0.2, 0.25) is 0 Å². The highest BCUT2D eigenvalue weighted by Gasteiger charge is 2.16. The Hall–Kier alpha value is -2.60. The molecule has 148 valence electrons. The van der Waals surface area contributed by atoms with Crippen molar-refractivity contribution in [2.24, 2.45) is 0 Å². The number of piperazine rings is 1. The average Bonchev–Trinajstić information content (AvgIpc) is 2.75. The Labute approximate surface area is 167 Å². The fourth-order valence-corrected chi connectivity index (χ4v) is 3.90. The zero-order chi connectivity index (χ0) is 19.3. The molecule has 0 aliphatic carbocycles. The number of benzene rings is 1. The van der Waals surface area contributed by atoms with Gasteiger partial charge < -0.3 is 20.0 Å². The van der Waals surface area contributed by atoms with E-state index in [1.807, 2.05) is 24.4 Å². The lowest BCUT2D eigenvalue weighted by atomic mass is 10.1. The molecule has 0 radical (unpaired) electrons. The average molecular weight is 380 g/mol. The lowest BCUT2D eigenvalue weighted by Gasteiger charge is -2.33. The fraction of sp³-hybridized carbons (Fsp3) is 0.455. The number of carbonyl (C=O) groups is 1. The first kappa shape index (κ1) is 18.7. The molecule has 1 aromatic heterocycles. The number of carbonyl (C=O) groups excluding carboxylic acids is 1. The maximum atomic E-state index is 12.7. The van der Waals surface area contributed by atoms with Crippen molar-refractivity contribution in [3.63, 3.8) is 0 Å². The number of anilines is 3. The van der Waals surface area contributed by atoms with Crippen molar-refractivity contribution >= 4 is 23.0 Å². The third-order valence-corrected chi connectivity index (χ3v) is 5.70. The van der Waals surface area contributed by atoms with Crippen LogP contribution in [-0.2, 0) is 0 Å². The largest absolute Gasteiger partial charge is 0.372 e. The second kappa shape index (κ2) is 8.61. The van der Waals surface area contributed by atoms with Crippen molar-refractivity contribution in [3.05, 3.63) is 48.3 Å². The molecule has 0 atom stereocenters. The molecule has 4 rings (SSSR count). The van der Waals surface area contributed by atoms with Gasteiger partial charge in [0.15, 0.2) is 0 Å². The molecule has 2 aliphatic rings. The third kappa shape index (κ3) is 4.44. The van der Waals surface area contributed by atoms with Crippen LogP contribution >= 0.6 is 0 Å². The van der Waals surface area contributed by atoms with E-state index >= 15 is 0 Å². The number of amides is 1. The first-order chi connectivity index (χ1) is 13.7. The lowest BCUT2D eigenvalue weighted by molar-refractivity contribution is 0.102. The van der Waals surface area contributed by atoms with Crippen molar-refractivity contribution in [1.29, 1.82) is 0 Å². The van der Waals surface area contributed by atoms with Gasteiger partial charge in [0.05, 0.1) is 17.4 Å². The Morgan fingerprint density at radius 1 is 0.857 bits per heavy atom. The summed E-state index contributed by atoms with van der Waals surface area (Å²) >= 11 is 0. The molecular formula is C22H29N5O. The van der Waals surface area contributed by atoms with Crippen LogP contribution in [-0.4, -0.2) is 62.1 Å². The van der Waals surface area contributed by atoms with Gasteiger partial charge in [-0.05, 0) is 56.6 Å². The summed E-state index contributed by atoms with van der Waals surface area (Å²) in [4.78, 5) is 24.0. The van der Waals surface area contributed by atoms with E-state index in [1.165, 1.54) is 24.9 Å². The molecule has 1 aromatic carbocycles. The molecular weight excluding hydrogens is 350 g/mol. The summed E-state index contributed by atoms with van der Waals surface area (Å²) in [5, 5.41) is 3.00. The maximum absolute atomic E-state index is 12.7. The molecule has 6 nitrogen and oxygen atoms in total.